The Morgan fingerprint density at radius 2 is 1.94 bits per heavy atom. The van der Waals surface area contributed by atoms with Gasteiger partial charge in [-0.1, -0.05) is 12.8 Å². The molecule has 1 saturated carbocycles. The molecule has 1 aliphatic rings. The molecule has 2 N–H and O–H groups in total. The van der Waals surface area contributed by atoms with Gasteiger partial charge >= 0.3 is 6.03 Å². The fourth-order valence-electron chi connectivity index (χ4n) is 2.25. The number of aliphatic hydroxyl groups excluding tert-OH is 1. The van der Waals surface area contributed by atoms with Gasteiger partial charge in [0, 0.05) is 32.7 Å². The smallest absolute Gasteiger partial charge is 0.317 e. The van der Waals surface area contributed by atoms with Gasteiger partial charge in [-0.2, -0.15) is 0 Å². The molecular weight excluding hydrogens is 218 g/mol. The van der Waals surface area contributed by atoms with E-state index in [-0.39, 0.29) is 12.6 Å². The van der Waals surface area contributed by atoms with Crippen molar-refractivity contribution < 1.29 is 9.90 Å². The Morgan fingerprint density at radius 3 is 2.53 bits per heavy atom. The number of rotatable bonds is 6. The molecule has 2 amide bonds. The topological polar surface area (TPSA) is 55.8 Å². The van der Waals surface area contributed by atoms with Crippen molar-refractivity contribution in [2.75, 3.05) is 40.3 Å². The molecule has 5 nitrogen and oxygen atoms in total. The van der Waals surface area contributed by atoms with Crippen LogP contribution in [0.5, 0.6) is 0 Å². The Bertz CT molecular complexity index is 230. The third kappa shape index (κ3) is 4.91. The van der Waals surface area contributed by atoms with Crippen LogP contribution in [0.15, 0.2) is 0 Å². The van der Waals surface area contributed by atoms with Crippen molar-refractivity contribution in [1.82, 2.24) is 15.1 Å². The first kappa shape index (κ1) is 14.3. The summed E-state index contributed by atoms with van der Waals surface area (Å²) in [5.74, 6) is 0. The molecule has 1 fully saturated rings. The van der Waals surface area contributed by atoms with Crippen LogP contribution in [-0.4, -0.2) is 67.3 Å². The van der Waals surface area contributed by atoms with E-state index in [2.05, 4.69) is 17.3 Å². The fourth-order valence-corrected chi connectivity index (χ4v) is 2.25. The maximum absolute atomic E-state index is 11.5. The molecule has 0 aromatic rings. The van der Waals surface area contributed by atoms with Crippen molar-refractivity contribution in [2.45, 2.75) is 31.7 Å². The van der Waals surface area contributed by atoms with Crippen LogP contribution in [0.4, 0.5) is 4.79 Å². The van der Waals surface area contributed by atoms with E-state index in [4.69, 9.17) is 5.11 Å². The lowest BCUT2D eigenvalue weighted by Gasteiger charge is -2.24. The number of carbonyl (C=O) groups is 1. The second-order valence-corrected chi connectivity index (χ2v) is 4.80. The van der Waals surface area contributed by atoms with E-state index < -0.39 is 0 Å². The number of likely N-dealkylation sites (N-methyl/N-ethyl adjacent to an activating group) is 2. The standard InChI is InChI=1S/C12H25N3O2/c1-14(11-5-3-4-6-11)8-7-13-12(17)15(2)9-10-16/h11,16H,3-10H2,1-2H3,(H,13,17). The summed E-state index contributed by atoms with van der Waals surface area (Å²) in [6, 6.07) is 0.584. The van der Waals surface area contributed by atoms with E-state index in [1.807, 2.05) is 0 Å². The lowest BCUT2D eigenvalue weighted by Crippen LogP contribution is -2.43. The first-order valence-electron chi connectivity index (χ1n) is 6.45. The fraction of sp³-hybridized carbons (Fsp3) is 0.917. The van der Waals surface area contributed by atoms with E-state index >= 15 is 0 Å². The van der Waals surface area contributed by atoms with Crippen LogP contribution in [-0.2, 0) is 0 Å². The molecule has 1 rings (SSSR count). The van der Waals surface area contributed by atoms with Crippen molar-refractivity contribution >= 4 is 6.03 Å². The van der Waals surface area contributed by atoms with Crippen molar-refractivity contribution in [3.05, 3.63) is 0 Å². The highest BCUT2D eigenvalue weighted by molar-refractivity contribution is 5.73. The highest BCUT2D eigenvalue weighted by atomic mass is 16.3. The molecule has 0 heterocycles. The minimum atomic E-state index is -0.112. The summed E-state index contributed by atoms with van der Waals surface area (Å²) in [4.78, 5) is 15.3. The van der Waals surface area contributed by atoms with Gasteiger partial charge in [0.25, 0.3) is 0 Å². The maximum Gasteiger partial charge on any atom is 0.317 e. The lowest BCUT2D eigenvalue weighted by atomic mass is 10.2. The van der Waals surface area contributed by atoms with Gasteiger partial charge in [0.05, 0.1) is 6.61 Å². The van der Waals surface area contributed by atoms with E-state index in [9.17, 15) is 4.79 Å². The zero-order valence-electron chi connectivity index (χ0n) is 11.0. The highest BCUT2D eigenvalue weighted by Gasteiger charge is 2.19. The van der Waals surface area contributed by atoms with Gasteiger partial charge in [-0.25, -0.2) is 4.79 Å². The Hall–Kier alpha value is -0.810. The van der Waals surface area contributed by atoms with Crippen LogP contribution < -0.4 is 5.32 Å². The molecule has 17 heavy (non-hydrogen) atoms. The second-order valence-electron chi connectivity index (χ2n) is 4.80. The average Bonchev–Trinajstić information content (AvgIpc) is 2.82. The molecule has 0 atom stereocenters. The third-order valence-electron chi connectivity index (χ3n) is 3.47. The largest absolute Gasteiger partial charge is 0.395 e. The van der Waals surface area contributed by atoms with Gasteiger partial charge in [0.15, 0.2) is 0 Å². The summed E-state index contributed by atoms with van der Waals surface area (Å²) in [7, 11) is 3.81. The Kier molecular flexibility index (Phi) is 6.29. The number of amides is 2. The van der Waals surface area contributed by atoms with E-state index in [1.54, 1.807) is 7.05 Å². The number of hydrogen-bond donors (Lipinski definition) is 2. The highest BCUT2D eigenvalue weighted by Crippen LogP contribution is 2.21. The summed E-state index contributed by atoms with van der Waals surface area (Å²) in [5.41, 5.74) is 0. The van der Waals surface area contributed by atoms with Crippen LogP contribution in [0.2, 0.25) is 0 Å². The minimum Gasteiger partial charge on any atom is -0.395 e. The number of nitrogens with one attached hydrogen (secondary N) is 1. The summed E-state index contributed by atoms with van der Waals surface area (Å²) >= 11 is 0. The van der Waals surface area contributed by atoms with Crippen LogP contribution in [0, 0.1) is 0 Å². The number of aliphatic hydroxyl groups is 1. The Morgan fingerprint density at radius 1 is 1.29 bits per heavy atom. The summed E-state index contributed by atoms with van der Waals surface area (Å²) < 4.78 is 0. The van der Waals surface area contributed by atoms with Crippen LogP contribution >= 0.6 is 0 Å². The SMILES string of the molecule is CN(CCO)C(=O)NCCN(C)C1CCCC1. The van der Waals surface area contributed by atoms with Crippen LogP contribution in [0.1, 0.15) is 25.7 Å². The first-order chi connectivity index (χ1) is 8.15. The van der Waals surface area contributed by atoms with Gasteiger partial charge in [-0.3, -0.25) is 0 Å². The van der Waals surface area contributed by atoms with Crippen molar-refractivity contribution in [3.63, 3.8) is 0 Å². The molecule has 5 heteroatoms. The number of carbonyl (C=O) groups excluding carboxylic acids is 1. The molecule has 0 aromatic carbocycles. The summed E-state index contributed by atoms with van der Waals surface area (Å²) in [5, 5.41) is 11.6. The van der Waals surface area contributed by atoms with Crippen LogP contribution in [0.25, 0.3) is 0 Å². The van der Waals surface area contributed by atoms with Gasteiger partial charge in [0.1, 0.15) is 0 Å². The van der Waals surface area contributed by atoms with E-state index in [0.29, 0.717) is 19.1 Å². The predicted octanol–water partition coefficient (Wildman–Crippen LogP) is 0.494. The minimum absolute atomic E-state index is 0.00585. The van der Waals surface area contributed by atoms with Crippen molar-refractivity contribution in [2.24, 2.45) is 0 Å². The third-order valence-corrected chi connectivity index (χ3v) is 3.47. The van der Waals surface area contributed by atoms with Crippen molar-refractivity contribution in [1.29, 1.82) is 0 Å². The quantitative estimate of drug-likeness (QED) is 0.714. The van der Waals surface area contributed by atoms with E-state index in [1.165, 1.54) is 30.6 Å². The van der Waals surface area contributed by atoms with Crippen LogP contribution in [0.3, 0.4) is 0 Å². The molecular formula is C12H25N3O2. The molecule has 1 aliphatic carbocycles. The molecule has 100 valence electrons. The maximum atomic E-state index is 11.5. The molecule has 0 radical (unpaired) electrons. The van der Waals surface area contributed by atoms with Gasteiger partial charge in [-0.15, -0.1) is 0 Å². The molecule has 0 aliphatic heterocycles. The molecule has 0 saturated heterocycles. The summed E-state index contributed by atoms with van der Waals surface area (Å²) in [6.07, 6.45) is 5.24. The van der Waals surface area contributed by atoms with Gasteiger partial charge < -0.3 is 20.2 Å². The second kappa shape index (κ2) is 7.50. The molecule has 0 bridgehead atoms. The Labute approximate surface area is 104 Å². The van der Waals surface area contributed by atoms with Crippen molar-refractivity contribution in [3.8, 4) is 0 Å². The average molecular weight is 243 g/mol. The van der Waals surface area contributed by atoms with Gasteiger partial charge in [-0.05, 0) is 19.9 Å². The zero-order chi connectivity index (χ0) is 12.7. The predicted molar refractivity (Wildman–Crippen MR) is 68.0 cm³/mol. The first-order valence-corrected chi connectivity index (χ1v) is 6.45. The number of hydrogen-bond acceptors (Lipinski definition) is 3. The number of nitrogens with zero attached hydrogens (tertiary/aromatic N) is 2. The van der Waals surface area contributed by atoms with Gasteiger partial charge in [0.2, 0.25) is 0 Å². The number of urea groups is 1. The van der Waals surface area contributed by atoms with E-state index in [0.717, 1.165) is 6.54 Å². The monoisotopic (exact) mass is 243 g/mol. The molecule has 0 unspecified atom stereocenters. The zero-order valence-corrected chi connectivity index (χ0v) is 11.0. The molecule has 0 spiro atoms. The normalized spacial score (nSPS) is 16.5. The lowest BCUT2D eigenvalue weighted by molar-refractivity contribution is 0.187. The Balaban J connectivity index is 2.11. The molecule has 0 aromatic heterocycles. The summed E-state index contributed by atoms with van der Waals surface area (Å²) in [6.45, 7) is 1.95.